The first-order chi connectivity index (χ1) is 14.0. The van der Waals surface area contributed by atoms with E-state index in [1.54, 1.807) is 10.9 Å². The minimum atomic E-state index is -0.365. The number of carbonyl (C=O) groups is 2. The van der Waals surface area contributed by atoms with Crippen molar-refractivity contribution in [3.05, 3.63) is 71.4 Å². The molecule has 3 aromatic rings. The van der Waals surface area contributed by atoms with Gasteiger partial charge in [0.1, 0.15) is 5.69 Å². The van der Waals surface area contributed by atoms with Crippen LogP contribution in [0.5, 0.6) is 0 Å². The molecule has 6 heteroatoms. The standard InChI is InChI=1S/C23H25N3O3/c1-4-17-9-11-18(12-10-17)22-19(23(28)24-14-13-21(27)29-3)15-26(25-22)20-8-6-5-7-16(20)2/h5-12,15H,4,13-14H2,1-3H3,(H,24,28). The minimum Gasteiger partial charge on any atom is -0.469 e. The smallest absolute Gasteiger partial charge is 0.307 e. The van der Waals surface area contributed by atoms with Gasteiger partial charge in [0.05, 0.1) is 24.8 Å². The molecule has 0 spiro atoms. The van der Waals surface area contributed by atoms with Gasteiger partial charge in [0.25, 0.3) is 5.91 Å². The molecule has 29 heavy (non-hydrogen) atoms. The van der Waals surface area contributed by atoms with E-state index in [1.165, 1.54) is 12.7 Å². The van der Waals surface area contributed by atoms with Crippen molar-refractivity contribution in [2.24, 2.45) is 0 Å². The average Bonchev–Trinajstić information content (AvgIpc) is 3.19. The van der Waals surface area contributed by atoms with Gasteiger partial charge in [-0.15, -0.1) is 0 Å². The van der Waals surface area contributed by atoms with Gasteiger partial charge < -0.3 is 10.1 Å². The Morgan fingerprint density at radius 1 is 1.10 bits per heavy atom. The van der Waals surface area contributed by atoms with Crippen molar-refractivity contribution in [2.75, 3.05) is 13.7 Å². The van der Waals surface area contributed by atoms with Crippen LogP contribution >= 0.6 is 0 Å². The summed E-state index contributed by atoms with van der Waals surface area (Å²) in [7, 11) is 1.33. The summed E-state index contributed by atoms with van der Waals surface area (Å²) in [6.45, 7) is 4.31. The number of methoxy groups -OCH3 is 1. The molecular formula is C23H25N3O3. The van der Waals surface area contributed by atoms with E-state index in [1.807, 2.05) is 55.5 Å². The Balaban J connectivity index is 1.96. The van der Waals surface area contributed by atoms with Crippen LogP contribution in [-0.2, 0) is 16.0 Å². The second-order valence-corrected chi connectivity index (χ2v) is 6.75. The van der Waals surface area contributed by atoms with Crippen molar-refractivity contribution >= 4 is 11.9 Å². The van der Waals surface area contributed by atoms with Gasteiger partial charge >= 0.3 is 5.97 Å². The number of aromatic nitrogens is 2. The van der Waals surface area contributed by atoms with E-state index in [-0.39, 0.29) is 24.8 Å². The monoisotopic (exact) mass is 391 g/mol. The molecule has 0 saturated heterocycles. The molecule has 0 atom stereocenters. The summed E-state index contributed by atoms with van der Waals surface area (Å²) in [5.41, 5.74) is 5.12. The molecule has 0 aliphatic heterocycles. The van der Waals surface area contributed by atoms with Crippen molar-refractivity contribution in [3.8, 4) is 16.9 Å². The van der Waals surface area contributed by atoms with Crippen LogP contribution in [0.15, 0.2) is 54.7 Å². The molecule has 0 unspecified atom stereocenters. The van der Waals surface area contributed by atoms with Crippen LogP contribution in [0.1, 0.15) is 34.8 Å². The quantitative estimate of drug-likeness (QED) is 0.623. The van der Waals surface area contributed by atoms with E-state index in [9.17, 15) is 9.59 Å². The molecule has 3 rings (SSSR count). The number of amides is 1. The lowest BCUT2D eigenvalue weighted by Gasteiger charge is -2.05. The van der Waals surface area contributed by atoms with Crippen molar-refractivity contribution < 1.29 is 14.3 Å². The SMILES string of the molecule is CCc1ccc(-c2nn(-c3ccccc3C)cc2C(=O)NCCC(=O)OC)cc1. The van der Waals surface area contributed by atoms with Crippen LogP contribution in [0.2, 0.25) is 0 Å². The zero-order valence-electron chi connectivity index (χ0n) is 16.9. The maximum absolute atomic E-state index is 12.8. The molecule has 2 aromatic carbocycles. The highest BCUT2D eigenvalue weighted by Gasteiger charge is 2.19. The Kier molecular flexibility index (Phi) is 6.44. The Bertz CT molecular complexity index is 1010. The van der Waals surface area contributed by atoms with Crippen LogP contribution in [0.4, 0.5) is 0 Å². The van der Waals surface area contributed by atoms with E-state index in [2.05, 4.69) is 17.0 Å². The molecule has 1 amide bonds. The summed E-state index contributed by atoms with van der Waals surface area (Å²) >= 11 is 0. The number of esters is 1. The molecule has 0 bridgehead atoms. The van der Waals surface area contributed by atoms with E-state index in [4.69, 9.17) is 5.10 Å². The Morgan fingerprint density at radius 2 is 1.83 bits per heavy atom. The van der Waals surface area contributed by atoms with Gasteiger partial charge in [0.15, 0.2) is 0 Å². The number of benzene rings is 2. The van der Waals surface area contributed by atoms with Crippen molar-refractivity contribution in [1.82, 2.24) is 15.1 Å². The lowest BCUT2D eigenvalue weighted by Crippen LogP contribution is -2.26. The number of ether oxygens (including phenoxy) is 1. The molecule has 6 nitrogen and oxygen atoms in total. The van der Waals surface area contributed by atoms with Gasteiger partial charge in [-0.3, -0.25) is 9.59 Å². The van der Waals surface area contributed by atoms with Gasteiger partial charge in [-0.2, -0.15) is 5.10 Å². The highest BCUT2D eigenvalue weighted by atomic mass is 16.5. The van der Waals surface area contributed by atoms with Crippen molar-refractivity contribution in [2.45, 2.75) is 26.7 Å². The molecule has 1 N–H and O–H groups in total. The average molecular weight is 391 g/mol. The molecule has 150 valence electrons. The first kappa shape index (κ1) is 20.3. The van der Waals surface area contributed by atoms with E-state index in [0.717, 1.165) is 23.2 Å². The maximum Gasteiger partial charge on any atom is 0.307 e. The maximum atomic E-state index is 12.8. The lowest BCUT2D eigenvalue weighted by molar-refractivity contribution is -0.140. The van der Waals surface area contributed by atoms with Gasteiger partial charge in [-0.05, 0) is 30.5 Å². The summed E-state index contributed by atoms with van der Waals surface area (Å²) in [6.07, 6.45) is 2.80. The molecule has 0 fully saturated rings. The van der Waals surface area contributed by atoms with Gasteiger partial charge in [-0.1, -0.05) is 49.4 Å². The fraction of sp³-hybridized carbons (Fsp3) is 0.261. The number of hydrogen-bond acceptors (Lipinski definition) is 4. The molecule has 0 radical (unpaired) electrons. The third-order valence-electron chi connectivity index (χ3n) is 4.80. The topological polar surface area (TPSA) is 73.2 Å². The number of hydrogen-bond donors (Lipinski definition) is 1. The Hall–Kier alpha value is -3.41. The number of para-hydroxylation sites is 1. The third-order valence-corrected chi connectivity index (χ3v) is 4.80. The van der Waals surface area contributed by atoms with Crippen LogP contribution in [0.3, 0.4) is 0 Å². The normalized spacial score (nSPS) is 10.6. The number of carbonyl (C=O) groups excluding carboxylic acids is 2. The summed E-state index contributed by atoms with van der Waals surface area (Å²) in [4.78, 5) is 24.2. The van der Waals surface area contributed by atoms with E-state index < -0.39 is 0 Å². The number of aryl methyl sites for hydroxylation is 2. The predicted octanol–water partition coefficient (Wildman–Crippen LogP) is 3.70. The molecule has 0 aliphatic rings. The predicted molar refractivity (Wildman–Crippen MR) is 112 cm³/mol. The highest BCUT2D eigenvalue weighted by Crippen LogP contribution is 2.25. The first-order valence-corrected chi connectivity index (χ1v) is 9.63. The largest absolute Gasteiger partial charge is 0.469 e. The number of nitrogens with one attached hydrogen (secondary N) is 1. The zero-order chi connectivity index (χ0) is 20.8. The van der Waals surface area contributed by atoms with Gasteiger partial charge in [0.2, 0.25) is 0 Å². The Labute approximate surface area is 170 Å². The minimum absolute atomic E-state index is 0.120. The molecular weight excluding hydrogens is 366 g/mol. The second-order valence-electron chi connectivity index (χ2n) is 6.75. The summed E-state index contributed by atoms with van der Waals surface area (Å²) < 4.78 is 6.35. The number of nitrogens with zero attached hydrogens (tertiary/aromatic N) is 2. The molecule has 0 aliphatic carbocycles. The summed E-state index contributed by atoms with van der Waals surface area (Å²) in [6, 6.07) is 15.9. The fourth-order valence-corrected chi connectivity index (χ4v) is 3.07. The van der Waals surface area contributed by atoms with Gasteiger partial charge in [0, 0.05) is 18.3 Å². The van der Waals surface area contributed by atoms with Crippen molar-refractivity contribution in [3.63, 3.8) is 0 Å². The van der Waals surface area contributed by atoms with Crippen LogP contribution in [0.25, 0.3) is 16.9 Å². The first-order valence-electron chi connectivity index (χ1n) is 9.63. The number of rotatable bonds is 7. The van der Waals surface area contributed by atoms with Crippen LogP contribution in [0, 0.1) is 6.92 Å². The summed E-state index contributed by atoms with van der Waals surface area (Å²) in [5.74, 6) is -0.639. The van der Waals surface area contributed by atoms with E-state index >= 15 is 0 Å². The molecule has 1 heterocycles. The van der Waals surface area contributed by atoms with E-state index in [0.29, 0.717) is 11.3 Å². The van der Waals surface area contributed by atoms with Crippen molar-refractivity contribution in [1.29, 1.82) is 0 Å². The molecule has 1 aromatic heterocycles. The van der Waals surface area contributed by atoms with Crippen LogP contribution in [-0.4, -0.2) is 35.3 Å². The van der Waals surface area contributed by atoms with Crippen LogP contribution < -0.4 is 5.32 Å². The third kappa shape index (κ3) is 4.71. The zero-order valence-corrected chi connectivity index (χ0v) is 16.9. The second kappa shape index (κ2) is 9.19. The lowest BCUT2D eigenvalue weighted by atomic mass is 10.0. The van der Waals surface area contributed by atoms with Gasteiger partial charge in [-0.25, -0.2) is 4.68 Å². The highest BCUT2D eigenvalue weighted by molar-refractivity contribution is 6.00. The fourth-order valence-electron chi connectivity index (χ4n) is 3.07. The summed E-state index contributed by atoms with van der Waals surface area (Å²) in [5, 5.41) is 7.49. The molecule has 0 saturated carbocycles. The Morgan fingerprint density at radius 3 is 2.48 bits per heavy atom.